The van der Waals surface area contributed by atoms with E-state index in [1.807, 2.05) is 5.32 Å². The van der Waals surface area contributed by atoms with Crippen LogP contribution >= 0.6 is 0 Å². The van der Waals surface area contributed by atoms with Crippen LogP contribution in [0.25, 0.3) is 0 Å². The molecule has 0 unspecified atom stereocenters. The minimum absolute atomic E-state index is 0.177. The molecule has 0 saturated carbocycles. The van der Waals surface area contributed by atoms with Crippen molar-refractivity contribution in [3.05, 3.63) is 23.8 Å². The molecule has 1 aromatic rings. The Morgan fingerprint density at radius 2 is 2.00 bits per heavy atom. The second-order valence-corrected chi connectivity index (χ2v) is 3.79. The van der Waals surface area contributed by atoms with Crippen molar-refractivity contribution in [3.63, 3.8) is 0 Å². The summed E-state index contributed by atoms with van der Waals surface area (Å²) in [5.74, 6) is -5.23. The molecule has 104 valence electrons. The van der Waals surface area contributed by atoms with E-state index < -0.39 is 41.0 Å². The summed E-state index contributed by atoms with van der Waals surface area (Å²) in [4.78, 5) is 21.8. The average molecular weight is 274 g/mol. The lowest BCUT2D eigenvalue weighted by Gasteiger charge is -2.09. The van der Waals surface area contributed by atoms with Crippen LogP contribution in [0.15, 0.2) is 12.1 Å². The van der Waals surface area contributed by atoms with Crippen molar-refractivity contribution in [2.24, 2.45) is 5.73 Å². The molecule has 0 fully saturated rings. The SMILES string of the molecule is N[C@@H](CCC(=O)Nc1c(F)ccc(O)c1F)C(=O)O. The number of nitrogens with one attached hydrogen (secondary N) is 1. The molecule has 19 heavy (non-hydrogen) atoms. The number of aromatic hydroxyl groups is 1. The van der Waals surface area contributed by atoms with Gasteiger partial charge in [0, 0.05) is 6.42 Å². The number of amides is 1. The van der Waals surface area contributed by atoms with Gasteiger partial charge in [-0.25, -0.2) is 8.78 Å². The van der Waals surface area contributed by atoms with Crippen LogP contribution in [0, 0.1) is 11.6 Å². The quantitative estimate of drug-likeness (QED) is 0.634. The fourth-order valence-corrected chi connectivity index (χ4v) is 1.27. The van der Waals surface area contributed by atoms with Crippen LogP contribution in [0.3, 0.4) is 0 Å². The molecular weight excluding hydrogens is 262 g/mol. The number of carbonyl (C=O) groups excluding carboxylic acids is 1. The Bertz CT molecular complexity index is 508. The summed E-state index contributed by atoms with van der Waals surface area (Å²) in [5, 5.41) is 19.5. The van der Waals surface area contributed by atoms with Gasteiger partial charge < -0.3 is 21.3 Å². The molecule has 0 bridgehead atoms. The van der Waals surface area contributed by atoms with Crippen LogP contribution < -0.4 is 11.1 Å². The number of phenolic OH excluding ortho intramolecular Hbond substituents is 1. The first-order valence-electron chi connectivity index (χ1n) is 5.28. The first-order chi connectivity index (χ1) is 8.82. The summed E-state index contributed by atoms with van der Waals surface area (Å²) in [6.45, 7) is 0. The molecule has 0 aliphatic carbocycles. The van der Waals surface area contributed by atoms with E-state index in [4.69, 9.17) is 15.9 Å². The van der Waals surface area contributed by atoms with Crippen molar-refractivity contribution in [3.8, 4) is 5.75 Å². The number of hydrogen-bond donors (Lipinski definition) is 4. The van der Waals surface area contributed by atoms with Crippen LogP contribution in [0.5, 0.6) is 5.75 Å². The van der Waals surface area contributed by atoms with Gasteiger partial charge in [-0.15, -0.1) is 0 Å². The van der Waals surface area contributed by atoms with Gasteiger partial charge in [0.1, 0.15) is 17.5 Å². The molecule has 0 aliphatic rings. The second-order valence-electron chi connectivity index (χ2n) is 3.79. The van der Waals surface area contributed by atoms with Crippen molar-refractivity contribution in [1.82, 2.24) is 0 Å². The molecule has 0 aromatic heterocycles. The van der Waals surface area contributed by atoms with E-state index in [-0.39, 0.29) is 12.8 Å². The fraction of sp³-hybridized carbons (Fsp3) is 0.273. The third kappa shape index (κ3) is 3.88. The largest absolute Gasteiger partial charge is 0.505 e. The van der Waals surface area contributed by atoms with E-state index in [2.05, 4.69) is 0 Å². The first kappa shape index (κ1) is 14.8. The van der Waals surface area contributed by atoms with E-state index >= 15 is 0 Å². The van der Waals surface area contributed by atoms with Crippen molar-refractivity contribution in [2.75, 3.05) is 5.32 Å². The number of anilines is 1. The van der Waals surface area contributed by atoms with Crippen molar-refractivity contribution in [1.29, 1.82) is 0 Å². The Kier molecular flexibility index (Phi) is 4.76. The molecule has 1 rings (SSSR count). The molecule has 0 saturated heterocycles. The van der Waals surface area contributed by atoms with Crippen LogP contribution in [0.4, 0.5) is 14.5 Å². The topological polar surface area (TPSA) is 113 Å². The van der Waals surface area contributed by atoms with Crippen LogP contribution in [-0.4, -0.2) is 28.1 Å². The van der Waals surface area contributed by atoms with Gasteiger partial charge >= 0.3 is 5.97 Å². The molecule has 8 heteroatoms. The highest BCUT2D eigenvalue weighted by Crippen LogP contribution is 2.26. The smallest absolute Gasteiger partial charge is 0.320 e. The summed E-state index contributed by atoms with van der Waals surface area (Å²) >= 11 is 0. The zero-order valence-electron chi connectivity index (χ0n) is 9.69. The lowest BCUT2D eigenvalue weighted by atomic mass is 10.1. The molecule has 0 heterocycles. The molecule has 0 aliphatic heterocycles. The Morgan fingerprint density at radius 3 is 2.58 bits per heavy atom. The summed E-state index contributed by atoms with van der Waals surface area (Å²) < 4.78 is 26.6. The maximum absolute atomic E-state index is 13.3. The van der Waals surface area contributed by atoms with Gasteiger partial charge in [-0.3, -0.25) is 9.59 Å². The average Bonchev–Trinajstić information content (AvgIpc) is 2.36. The van der Waals surface area contributed by atoms with Crippen LogP contribution in [-0.2, 0) is 9.59 Å². The molecule has 1 aromatic carbocycles. The molecule has 1 atom stereocenters. The minimum Gasteiger partial charge on any atom is -0.505 e. The maximum atomic E-state index is 13.3. The Labute approximate surface area is 106 Å². The van der Waals surface area contributed by atoms with Crippen molar-refractivity contribution in [2.45, 2.75) is 18.9 Å². The predicted molar refractivity (Wildman–Crippen MR) is 61.5 cm³/mol. The third-order valence-electron chi connectivity index (χ3n) is 2.33. The molecule has 5 N–H and O–H groups in total. The monoisotopic (exact) mass is 274 g/mol. The highest BCUT2D eigenvalue weighted by Gasteiger charge is 2.18. The lowest BCUT2D eigenvalue weighted by molar-refractivity contribution is -0.138. The highest BCUT2D eigenvalue weighted by molar-refractivity contribution is 5.91. The lowest BCUT2D eigenvalue weighted by Crippen LogP contribution is -2.31. The van der Waals surface area contributed by atoms with Gasteiger partial charge in [-0.05, 0) is 18.6 Å². The summed E-state index contributed by atoms with van der Waals surface area (Å²) in [6.07, 6.45) is -0.495. The number of phenols is 1. The molecule has 0 spiro atoms. The zero-order valence-corrected chi connectivity index (χ0v) is 9.69. The van der Waals surface area contributed by atoms with E-state index in [1.54, 1.807) is 0 Å². The molecule has 6 nitrogen and oxygen atoms in total. The van der Waals surface area contributed by atoms with Gasteiger partial charge in [0.15, 0.2) is 11.6 Å². The van der Waals surface area contributed by atoms with E-state index in [1.165, 1.54) is 0 Å². The number of carboxylic acids is 1. The van der Waals surface area contributed by atoms with Gasteiger partial charge in [0.25, 0.3) is 0 Å². The van der Waals surface area contributed by atoms with E-state index in [0.717, 1.165) is 12.1 Å². The number of benzene rings is 1. The number of nitrogens with two attached hydrogens (primary N) is 1. The number of rotatable bonds is 5. The van der Waals surface area contributed by atoms with Gasteiger partial charge in [-0.1, -0.05) is 0 Å². The highest BCUT2D eigenvalue weighted by atomic mass is 19.1. The number of hydrogen-bond acceptors (Lipinski definition) is 4. The first-order valence-corrected chi connectivity index (χ1v) is 5.28. The Morgan fingerprint density at radius 1 is 1.37 bits per heavy atom. The Balaban J connectivity index is 2.68. The second kappa shape index (κ2) is 6.10. The molecular formula is C11H12F2N2O4. The summed E-state index contributed by atoms with van der Waals surface area (Å²) in [7, 11) is 0. The van der Waals surface area contributed by atoms with Gasteiger partial charge in [0.2, 0.25) is 5.91 Å². The summed E-state index contributed by atoms with van der Waals surface area (Å²) in [6, 6.07) is 0.363. The van der Waals surface area contributed by atoms with Gasteiger partial charge in [0.05, 0.1) is 0 Å². The summed E-state index contributed by atoms with van der Waals surface area (Å²) in [5.41, 5.74) is 4.39. The minimum atomic E-state index is -1.30. The normalized spacial score (nSPS) is 11.9. The fourth-order valence-electron chi connectivity index (χ4n) is 1.27. The van der Waals surface area contributed by atoms with Crippen LogP contribution in [0.2, 0.25) is 0 Å². The number of aliphatic carboxylic acids is 1. The van der Waals surface area contributed by atoms with E-state index in [9.17, 15) is 18.4 Å². The van der Waals surface area contributed by atoms with Gasteiger partial charge in [-0.2, -0.15) is 0 Å². The number of carboxylic acid groups (broad SMARTS) is 1. The van der Waals surface area contributed by atoms with Crippen molar-refractivity contribution < 1.29 is 28.6 Å². The van der Waals surface area contributed by atoms with Crippen LogP contribution in [0.1, 0.15) is 12.8 Å². The third-order valence-corrected chi connectivity index (χ3v) is 2.33. The Hall–Kier alpha value is -2.22. The maximum Gasteiger partial charge on any atom is 0.320 e. The molecule has 0 radical (unpaired) electrons. The number of carbonyl (C=O) groups is 2. The standard InChI is InChI=1S/C11H12F2N2O4/c12-5-1-3-7(16)9(13)10(5)15-8(17)4-2-6(14)11(18)19/h1,3,6,16H,2,4,14H2,(H,15,17)(H,18,19)/t6-/m0/s1. The number of halogens is 2. The molecule has 1 amide bonds. The van der Waals surface area contributed by atoms with E-state index in [0.29, 0.717) is 0 Å². The predicted octanol–water partition coefficient (Wildman–Crippen LogP) is 0.801. The van der Waals surface area contributed by atoms with Crippen molar-refractivity contribution >= 4 is 17.6 Å². The zero-order chi connectivity index (χ0) is 14.6.